The van der Waals surface area contributed by atoms with Gasteiger partial charge in [0, 0.05) is 31.6 Å². The second-order valence-corrected chi connectivity index (χ2v) is 7.55. The fraction of sp³-hybridized carbons (Fsp3) is 0.381. The number of carbonyl (C=O) groups excluding carboxylic acids is 1. The summed E-state index contributed by atoms with van der Waals surface area (Å²) in [6, 6.07) is 9.64. The molecule has 0 bridgehead atoms. The molecule has 7 heteroatoms. The number of ether oxygens (including phenoxy) is 2. The zero-order valence-electron chi connectivity index (χ0n) is 15.5. The molecule has 1 amide bonds. The molecular weight excluding hydrogens is 356 g/mol. The summed E-state index contributed by atoms with van der Waals surface area (Å²) in [6.45, 7) is 2.44. The summed E-state index contributed by atoms with van der Waals surface area (Å²) in [4.78, 5) is 23.1. The van der Waals surface area contributed by atoms with Crippen LogP contribution in [0.15, 0.2) is 55.1 Å². The molecule has 144 valence electrons. The van der Waals surface area contributed by atoms with Gasteiger partial charge in [0.25, 0.3) is 5.91 Å². The van der Waals surface area contributed by atoms with Crippen LogP contribution in [-0.4, -0.2) is 56.6 Å². The van der Waals surface area contributed by atoms with Gasteiger partial charge in [-0.2, -0.15) is 0 Å². The Hall–Kier alpha value is -2.77. The van der Waals surface area contributed by atoms with Gasteiger partial charge in [-0.05, 0) is 36.2 Å². The Morgan fingerprint density at radius 3 is 2.96 bits per heavy atom. The molecule has 5 rings (SSSR count). The summed E-state index contributed by atoms with van der Waals surface area (Å²) in [5.74, 6) is -0.00671. The maximum atomic E-state index is 12.9. The van der Waals surface area contributed by atoms with Gasteiger partial charge < -0.3 is 14.4 Å². The third-order valence-corrected chi connectivity index (χ3v) is 5.56. The molecule has 3 aromatic rings. The van der Waals surface area contributed by atoms with Crippen molar-refractivity contribution in [1.82, 2.24) is 19.3 Å². The summed E-state index contributed by atoms with van der Waals surface area (Å²) in [6.07, 6.45) is 8.91. The van der Waals surface area contributed by atoms with Gasteiger partial charge in [-0.25, -0.2) is 4.98 Å². The Bertz CT molecular complexity index is 981. The molecule has 0 saturated carbocycles. The Kier molecular flexibility index (Phi) is 4.33. The van der Waals surface area contributed by atoms with Crippen molar-refractivity contribution in [1.29, 1.82) is 0 Å². The average Bonchev–Trinajstić information content (AvgIpc) is 3.15. The van der Waals surface area contributed by atoms with Gasteiger partial charge in [0.05, 0.1) is 32.0 Å². The molecule has 0 aromatic carbocycles. The standard InChI is InChI=1S/C21H22N4O3/c26-20(18-12-23-19-3-1-2-9-25(18)19)24-14-21(15-24)11-17(6-10-28-21)27-13-16-4-7-22-8-5-16/h1-5,7-9,12,17H,6,10-11,13-15H2/t17-/m0/s1. The van der Waals surface area contributed by atoms with E-state index in [-0.39, 0.29) is 17.6 Å². The van der Waals surface area contributed by atoms with Crippen molar-refractivity contribution in [2.24, 2.45) is 0 Å². The molecule has 1 spiro atoms. The molecule has 5 heterocycles. The van der Waals surface area contributed by atoms with Gasteiger partial charge >= 0.3 is 0 Å². The number of fused-ring (bicyclic) bond motifs is 1. The van der Waals surface area contributed by atoms with Crippen LogP contribution >= 0.6 is 0 Å². The quantitative estimate of drug-likeness (QED) is 0.697. The molecule has 0 N–H and O–H groups in total. The molecule has 28 heavy (non-hydrogen) atoms. The van der Waals surface area contributed by atoms with Crippen LogP contribution in [0.3, 0.4) is 0 Å². The van der Waals surface area contributed by atoms with E-state index in [4.69, 9.17) is 9.47 Å². The van der Waals surface area contributed by atoms with Crippen LogP contribution in [0, 0.1) is 0 Å². The average molecular weight is 378 g/mol. The summed E-state index contributed by atoms with van der Waals surface area (Å²) in [5.41, 5.74) is 2.21. The number of imidazole rings is 1. The fourth-order valence-corrected chi connectivity index (χ4v) is 4.08. The van der Waals surface area contributed by atoms with Gasteiger partial charge in [-0.1, -0.05) is 6.07 Å². The third-order valence-electron chi connectivity index (χ3n) is 5.56. The highest BCUT2D eigenvalue weighted by molar-refractivity contribution is 5.94. The first-order valence-electron chi connectivity index (χ1n) is 9.58. The lowest BCUT2D eigenvalue weighted by Crippen LogP contribution is -2.67. The van der Waals surface area contributed by atoms with Crippen molar-refractivity contribution < 1.29 is 14.3 Å². The first-order chi connectivity index (χ1) is 13.7. The summed E-state index contributed by atoms with van der Waals surface area (Å²) >= 11 is 0. The van der Waals surface area contributed by atoms with E-state index in [0.29, 0.717) is 32.0 Å². The third kappa shape index (κ3) is 3.16. The lowest BCUT2D eigenvalue weighted by molar-refractivity contribution is -0.188. The predicted octanol–water partition coefficient (Wildman–Crippen LogP) is 2.32. The maximum absolute atomic E-state index is 12.9. The van der Waals surface area contributed by atoms with E-state index in [2.05, 4.69) is 9.97 Å². The lowest BCUT2D eigenvalue weighted by Gasteiger charge is -2.52. The van der Waals surface area contributed by atoms with Gasteiger partial charge in [0.2, 0.25) is 0 Å². The van der Waals surface area contributed by atoms with Crippen LogP contribution < -0.4 is 0 Å². The second kappa shape index (κ2) is 7.00. The highest BCUT2D eigenvalue weighted by Gasteiger charge is 2.50. The Morgan fingerprint density at radius 2 is 2.11 bits per heavy atom. The topological polar surface area (TPSA) is 69.0 Å². The molecule has 2 saturated heterocycles. The van der Waals surface area contributed by atoms with Crippen LogP contribution in [0.25, 0.3) is 5.65 Å². The molecule has 2 aliphatic rings. The lowest BCUT2D eigenvalue weighted by atomic mass is 9.84. The van der Waals surface area contributed by atoms with Gasteiger partial charge in [-0.3, -0.25) is 14.2 Å². The molecule has 0 unspecified atom stereocenters. The number of hydrogen-bond acceptors (Lipinski definition) is 5. The molecule has 0 aliphatic carbocycles. The minimum Gasteiger partial charge on any atom is -0.373 e. The number of rotatable bonds is 4. The van der Waals surface area contributed by atoms with E-state index in [0.717, 1.165) is 24.1 Å². The van der Waals surface area contributed by atoms with Gasteiger partial charge in [0.1, 0.15) is 16.9 Å². The van der Waals surface area contributed by atoms with E-state index < -0.39 is 0 Å². The van der Waals surface area contributed by atoms with Gasteiger partial charge in [-0.15, -0.1) is 0 Å². The second-order valence-electron chi connectivity index (χ2n) is 7.55. The first-order valence-corrected chi connectivity index (χ1v) is 9.58. The van der Waals surface area contributed by atoms with Crippen LogP contribution in [0.1, 0.15) is 28.9 Å². The molecule has 1 atom stereocenters. The minimum absolute atomic E-state index is 0.00671. The van der Waals surface area contributed by atoms with E-state index in [9.17, 15) is 4.79 Å². The SMILES string of the molecule is O=C(c1cnc2ccccn12)N1CC2(C[C@@H](OCc3ccncc3)CCO2)C1. The number of aromatic nitrogens is 3. The van der Waals surface area contributed by atoms with Crippen LogP contribution in [0.2, 0.25) is 0 Å². The summed E-state index contributed by atoms with van der Waals surface area (Å²) in [5, 5.41) is 0. The predicted molar refractivity (Wildman–Crippen MR) is 102 cm³/mol. The number of amides is 1. The van der Waals surface area contributed by atoms with Crippen LogP contribution in [-0.2, 0) is 16.1 Å². The van der Waals surface area contributed by atoms with Crippen molar-refractivity contribution in [3.8, 4) is 0 Å². The van der Waals surface area contributed by atoms with E-state index in [1.807, 2.05) is 45.8 Å². The Balaban J connectivity index is 1.21. The molecular formula is C21H22N4O3. The number of carbonyl (C=O) groups is 1. The smallest absolute Gasteiger partial charge is 0.272 e. The summed E-state index contributed by atoms with van der Waals surface area (Å²) < 4.78 is 14.0. The molecule has 3 aromatic heterocycles. The number of nitrogens with zero attached hydrogens (tertiary/aromatic N) is 4. The van der Waals surface area contributed by atoms with E-state index in [1.54, 1.807) is 18.6 Å². The zero-order chi connectivity index (χ0) is 19.0. The minimum atomic E-state index is -0.280. The molecule has 7 nitrogen and oxygen atoms in total. The monoisotopic (exact) mass is 378 g/mol. The number of likely N-dealkylation sites (tertiary alicyclic amines) is 1. The zero-order valence-corrected chi connectivity index (χ0v) is 15.5. The Labute approximate surface area is 162 Å². The van der Waals surface area contributed by atoms with Crippen molar-refractivity contribution in [3.63, 3.8) is 0 Å². The van der Waals surface area contributed by atoms with Crippen molar-refractivity contribution in [2.75, 3.05) is 19.7 Å². The largest absolute Gasteiger partial charge is 0.373 e. The van der Waals surface area contributed by atoms with Crippen LogP contribution in [0.4, 0.5) is 0 Å². The highest BCUT2D eigenvalue weighted by Crippen LogP contribution is 2.36. The fourth-order valence-electron chi connectivity index (χ4n) is 4.08. The van der Waals surface area contributed by atoms with Gasteiger partial charge in [0.15, 0.2) is 0 Å². The maximum Gasteiger partial charge on any atom is 0.272 e. The number of hydrogen-bond donors (Lipinski definition) is 0. The molecule has 2 aliphatic heterocycles. The first kappa shape index (κ1) is 17.3. The molecule has 0 radical (unpaired) electrons. The number of pyridine rings is 2. The normalized spacial score (nSPS) is 21.0. The van der Waals surface area contributed by atoms with E-state index >= 15 is 0 Å². The van der Waals surface area contributed by atoms with Crippen molar-refractivity contribution in [3.05, 3.63) is 66.4 Å². The van der Waals surface area contributed by atoms with Crippen molar-refractivity contribution in [2.45, 2.75) is 31.2 Å². The van der Waals surface area contributed by atoms with E-state index in [1.165, 1.54) is 0 Å². The van der Waals surface area contributed by atoms with Crippen molar-refractivity contribution >= 4 is 11.6 Å². The highest BCUT2D eigenvalue weighted by atomic mass is 16.5. The van der Waals surface area contributed by atoms with Crippen LogP contribution in [0.5, 0.6) is 0 Å². The summed E-state index contributed by atoms with van der Waals surface area (Å²) in [7, 11) is 0. The molecule has 2 fully saturated rings. The Morgan fingerprint density at radius 1 is 1.25 bits per heavy atom.